The summed E-state index contributed by atoms with van der Waals surface area (Å²) in [6.45, 7) is 1.24. The van der Waals surface area contributed by atoms with Gasteiger partial charge >= 0.3 is 0 Å². The van der Waals surface area contributed by atoms with Crippen molar-refractivity contribution in [3.8, 4) is 0 Å². The van der Waals surface area contributed by atoms with E-state index in [0.717, 1.165) is 6.42 Å². The van der Waals surface area contributed by atoms with E-state index < -0.39 is 0 Å². The van der Waals surface area contributed by atoms with Gasteiger partial charge in [-0.05, 0) is 12.5 Å². The number of hydrogen-bond donors (Lipinski definition) is 0. The Kier molecular flexibility index (Phi) is 3.35. The van der Waals surface area contributed by atoms with Gasteiger partial charge in [-0.15, -0.1) is 0 Å². The SMILES string of the molecule is CN1C(=O)CO[C@@H]2CCN(C(=O)c3ccncn3)C[C@@H]21. The number of aromatic nitrogens is 2. The first-order valence-electron chi connectivity index (χ1n) is 6.59. The molecule has 2 aliphatic rings. The number of morpholine rings is 1. The number of rotatable bonds is 1. The number of fused-ring (bicyclic) bond motifs is 1. The molecular formula is C13H16N4O3. The number of piperidine rings is 1. The summed E-state index contributed by atoms with van der Waals surface area (Å²) in [5.41, 5.74) is 0.379. The largest absolute Gasteiger partial charge is 0.366 e. The minimum absolute atomic E-state index is 0.0205. The van der Waals surface area contributed by atoms with Crippen LogP contribution in [0.4, 0.5) is 0 Å². The molecule has 2 saturated heterocycles. The lowest BCUT2D eigenvalue weighted by atomic mass is 9.99. The predicted molar refractivity (Wildman–Crippen MR) is 68.9 cm³/mol. The third-order valence-electron chi connectivity index (χ3n) is 3.92. The molecule has 0 bridgehead atoms. The van der Waals surface area contributed by atoms with Crippen LogP contribution < -0.4 is 0 Å². The maximum Gasteiger partial charge on any atom is 0.272 e. The van der Waals surface area contributed by atoms with Crippen molar-refractivity contribution < 1.29 is 14.3 Å². The monoisotopic (exact) mass is 276 g/mol. The lowest BCUT2D eigenvalue weighted by Gasteiger charge is -2.45. The molecule has 0 saturated carbocycles. The van der Waals surface area contributed by atoms with E-state index >= 15 is 0 Å². The van der Waals surface area contributed by atoms with Gasteiger partial charge < -0.3 is 14.5 Å². The second-order valence-corrected chi connectivity index (χ2v) is 5.06. The molecule has 0 aromatic carbocycles. The van der Waals surface area contributed by atoms with Crippen LogP contribution in [-0.4, -0.2) is 70.5 Å². The molecular weight excluding hydrogens is 260 g/mol. The number of amides is 2. The lowest BCUT2D eigenvalue weighted by Crippen LogP contribution is -2.61. The summed E-state index contributed by atoms with van der Waals surface area (Å²) >= 11 is 0. The van der Waals surface area contributed by atoms with Crippen molar-refractivity contribution >= 4 is 11.8 Å². The van der Waals surface area contributed by atoms with E-state index in [4.69, 9.17) is 4.74 Å². The Hall–Kier alpha value is -2.02. The number of ether oxygens (including phenoxy) is 1. The van der Waals surface area contributed by atoms with Crippen LogP contribution in [-0.2, 0) is 9.53 Å². The van der Waals surface area contributed by atoms with Crippen molar-refractivity contribution in [2.75, 3.05) is 26.7 Å². The second kappa shape index (κ2) is 5.16. The molecule has 3 heterocycles. The zero-order valence-electron chi connectivity index (χ0n) is 11.2. The zero-order chi connectivity index (χ0) is 14.1. The van der Waals surface area contributed by atoms with Gasteiger partial charge in [0.05, 0.1) is 12.1 Å². The highest BCUT2D eigenvalue weighted by atomic mass is 16.5. The number of likely N-dealkylation sites (tertiary alicyclic amines) is 1. The van der Waals surface area contributed by atoms with E-state index in [2.05, 4.69) is 9.97 Å². The first-order valence-corrected chi connectivity index (χ1v) is 6.59. The van der Waals surface area contributed by atoms with Gasteiger partial charge in [-0.2, -0.15) is 0 Å². The summed E-state index contributed by atoms with van der Waals surface area (Å²) in [7, 11) is 1.77. The number of carbonyl (C=O) groups excluding carboxylic acids is 2. The summed E-state index contributed by atoms with van der Waals surface area (Å²) in [5.74, 6) is -0.167. The van der Waals surface area contributed by atoms with E-state index in [0.29, 0.717) is 18.8 Å². The minimum Gasteiger partial charge on any atom is -0.366 e. The average Bonchev–Trinajstić information content (AvgIpc) is 2.51. The van der Waals surface area contributed by atoms with Crippen LogP contribution in [0.5, 0.6) is 0 Å². The normalized spacial score (nSPS) is 26.4. The highest BCUT2D eigenvalue weighted by Gasteiger charge is 2.40. The highest BCUT2D eigenvalue weighted by Crippen LogP contribution is 2.23. The fourth-order valence-corrected chi connectivity index (χ4v) is 2.71. The van der Waals surface area contributed by atoms with E-state index in [-0.39, 0.29) is 30.6 Å². The van der Waals surface area contributed by atoms with Crippen LogP contribution in [0.25, 0.3) is 0 Å². The molecule has 0 unspecified atom stereocenters. The molecule has 1 aromatic heterocycles. The Labute approximate surface area is 116 Å². The molecule has 2 atom stereocenters. The van der Waals surface area contributed by atoms with Crippen LogP contribution >= 0.6 is 0 Å². The molecule has 3 rings (SSSR count). The van der Waals surface area contributed by atoms with Gasteiger partial charge in [0.1, 0.15) is 18.6 Å². The molecule has 106 valence electrons. The third kappa shape index (κ3) is 2.24. The summed E-state index contributed by atoms with van der Waals surface area (Å²) in [4.78, 5) is 35.2. The van der Waals surface area contributed by atoms with Gasteiger partial charge in [0.25, 0.3) is 5.91 Å². The standard InChI is InChI=1S/C13H16N4O3/c1-16-10-6-17(5-3-11(10)20-7-12(16)18)13(19)9-2-4-14-8-15-9/h2,4,8,10-11H,3,5-7H2,1H3/t10-,11+/m0/s1. The number of likely N-dealkylation sites (N-methyl/N-ethyl adjacent to an activating group) is 1. The van der Waals surface area contributed by atoms with Gasteiger partial charge in [-0.3, -0.25) is 9.59 Å². The third-order valence-corrected chi connectivity index (χ3v) is 3.92. The summed E-state index contributed by atoms with van der Waals surface area (Å²) < 4.78 is 5.54. The van der Waals surface area contributed by atoms with Crippen molar-refractivity contribution in [1.29, 1.82) is 0 Å². The van der Waals surface area contributed by atoms with Crippen molar-refractivity contribution in [3.63, 3.8) is 0 Å². The smallest absolute Gasteiger partial charge is 0.272 e. The van der Waals surface area contributed by atoms with Crippen LogP contribution in [0.15, 0.2) is 18.6 Å². The summed E-state index contributed by atoms with van der Waals surface area (Å²) in [6.07, 6.45) is 3.66. The quantitative estimate of drug-likeness (QED) is 0.694. The van der Waals surface area contributed by atoms with Crippen LogP contribution in [0.2, 0.25) is 0 Å². The molecule has 0 aliphatic carbocycles. The van der Waals surface area contributed by atoms with E-state index in [1.807, 2.05) is 0 Å². The summed E-state index contributed by atoms with van der Waals surface area (Å²) in [6, 6.07) is 1.52. The molecule has 2 amide bonds. The lowest BCUT2D eigenvalue weighted by molar-refractivity contribution is -0.159. The molecule has 7 heteroatoms. The zero-order valence-corrected chi connectivity index (χ0v) is 11.2. The van der Waals surface area contributed by atoms with Crippen LogP contribution in [0.1, 0.15) is 16.9 Å². The number of hydrogen-bond acceptors (Lipinski definition) is 5. The van der Waals surface area contributed by atoms with Crippen molar-refractivity contribution in [2.24, 2.45) is 0 Å². The fraction of sp³-hybridized carbons (Fsp3) is 0.538. The molecule has 0 N–H and O–H groups in total. The van der Waals surface area contributed by atoms with Gasteiger partial charge in [-0.25, -0.2) is 9.97 Å². The molecule has 0 spiro atoms. The van der Waals surface area contributed by atoms with Gasteiger partial charge in [0.2, 0.25) is 5.91 Å². The van der Waals surface area contributed by atoms with E-state index in [1.165, 1.54) is 6.33 Å². The van der Waals surface area contributed by atoms with Crippen molar-refractivity contribution in [3.05, 3.63) is 24.3 Å². The fourth-order valence-electron chi connectivity index (χ4n) is 2.71. The molecule has 2 aliphatic heterocycles. The van der Waals surface area contributed by atoms with E-state index in [1.54, 1.807) is 29.1 Å². The van der Waals surface area contributed by atoms with Gasteiger partial charge in [0, 0.05) is 26.3 Å². The van der Waals surface area contributed by atoms with Crippen LogP contribution in [0, 0.1) is 0 Å². The molecule has 0 radical (unpaired) electrons. The Bertz CT molecular complexity index is 522. The first-order chi connectivity index (χ1) is 9.66. The molecule has 7 nitrogen and oxygen atoms in total. The van der Waals surface area contributed by atoms with Gasteiger partial charge in [0.15, 0.2) is 0 Å². The Balaban J connectivity index is 1.74. The number of nitrogens with zero attached hydrogens (tertiary/aromatic N) is 4. The minimum atomic E-state index is -0.128. The predicted octanol–water partition coefficient (Wildman–Crippen LogP) is -0.452. The molecule has 2 fully saturated rings. The van der Waals surface area contributed by atoms with Gasteiger partial charge in [-0.1, -0.05) is 0 Å². The maximum absolute atomic E-state index is 12.4. The number of carbonyl (C=O) groups is 2. The molecule has 20 heavy (non-hydrogen) atoms. The maximum atomic E-state index is 12.4. The van der Waals surface area contributed by atoms with Crippen molar-refractivity contribution in [2.45, 2.75) is 18.6 Å². The molecule has 1 aromatic rings. The van der Waals surface area contributed by atoms with Crippen LogP contribution in [0.3, 0.4) is 0 Å². The highest BCUT2D eigenvalue weighted by molar-refractivity contribution is 5.92. The average molecular weight is 276 g/mol. The summed E-state index contributed by atoms with van der Waals surface area (Å²) in [5, 5.41) is 0. The van der Waals surface area contributed by atoms with E-state index in [9.17, 15) is 9.59 Å². The Morgan fingerprint density at radius 1 is 1.50 bits per heavy atom. The Morgan fingerprint density at radius 3 is 3.10 bits per heavy atom. The Morgan fingerprint density at radius 2 is 2.35 bits per heavy atom. The first kappa shape index (κ1) is 13.0. The topological polar surface area (TPSA) is 75.6 Å². The second-order valence-electron chi connectivity index (χ2n) is 5.06. The van der Waals surface area contributed by atoms with Crippen molar-refractivity contribution in [1.82, 2.24) is 19.8 Å².